The molecule has 0 radical (unpaired) electrons. The summed E-state index contributed by atoms with van der Waals surface area (Å²) in [5.41, 5.74) is -0.110. The highest BCUT2D eigenvalue weighted by molar-refractivity contribution is 9.10. The molecule has 128 valence electrons. The lowest BCUT2D eigenvalue weighted by Crippen LogP contribution is -2.21. The van der Waals surface area contributed by atoms with E-state index < -0.39 is 32.5 Å². The van der Waals surface area contributed by atoms with Crippen LogP contribution in [-0.2, 0) is 10.0 Å². The molecular weight excluding hydrogens is 429 g/mol. The predicted octanol–water partition coefficient (Wildman–Crippen LogP) is 3.24. The van der Waals surface area contributed by atoms with Gasteiger partial charge in [-0.15, -0.1) is 0 Å². The van der Waals surface area contributed by atoms with Gasteiger partial charge in [0.25, 0.3) is 0 Å². The fourth-order valence-electron chi connectivity index (χ4n) is 1.79. The predicted molar refractivity (Wildman–Crippen MR) is 91.2 cm³/mol. The average Bonchev–Trinajstić information content (AvgIpc) is 2.45. The quantitative estimate of drug-likeness (QED) is 0.550. The molecule has 11 heteroatoms. The van der Waals surface area contributed by atoms with Crippen LogP contribution in [0.15, 0.2) is 39.7 Å². The second-order valence-electron chi connectivity index (χ2n) is 4.50. The zero-order chi connectivity index (χ0) is 18.1. The normalized spacial score (nSPS) is 11.2. The largest absolute Gasteiger partial charge is 0.504 e. The third-order valence-corrected chi connectivity index (χ3v) is 5.03. The molecule has 2 aromatic carbocycles. The van der Waals surface area contributed by atoms with E-state index in [4.69, 9.17) is 16.7 Å². The molecule has 0 aliphatic carbocycles. The fraction of sp³-hybridized carbons (Fsp3) is 0. The Balaban J connectivity index is 2.29. The molecule has 0 fully saturated rings. The minimum atomic E-state index is -4.30. The maximum absolute atomic E-state index is 13.4. The van der Waals surface area contributed by atoms with Gasteiger partial charge in [0.05, 0.1) is 20.9 Å². The molecule has 0 atom stereocenters. The summed E-state index contributed by atoms with van der Waals surface area (Å²) in [5, 5.41) is 19.2. The van der Waals surface area contributed by atoms with Crippen molar-refractivity contribution in [2.75, 3.05) is 10.6 Å². The van der Waals surface area contributed by atoms with E-state index in [9.17, 15) is 22.7 Å². The van der Waals surface area contributed by atoms with Crippen LogP contribution in [0.25, 0.3) is 0 Å². The van der Waals surface area contributed by atoms with Crippen molar-refractivity contribution in [1.29, 1.82) is 0 Å². The van der Waals surface area contributed by atoms with Gasteiger partial charge in [0.2, 0.25) is 10.0 Å². The maximum atomic E-state index is 13.4. The number of amides is 2. The van der Waals surface area contributed by atoms with Crippen molar-refractivity contribution in [1.82, 2.24) is 0 Å². The Bertz CT molecular complexity index is 924. The van der Waals surface area contributed by atoms with Gasteiger partial charge in [0, 0.05) is 0 Å². The maximum Gasteiger partial charge on any atom is 0.323 e. The van der Waals surface area contributed by atoms with E-state index in [1.54, 1.807) is 0 Å². The number of rotatable bonds is 3. The molecule has 0 spiro atoms. The topological polar surface area (TPSA) is 122 Å². The first-order valence-electron chi connectivity index (χ1n) is 6.17. The lowest BCUT2D eigenvalue weighted by atomic mass is 10.3. The van der Waals surface area contributed by atoms with Crippen LogP contribution in [0.2, 0.25) is 5.02 Å². The van der Waals surface area contributed by atoms with E-state index in [2.05, 4.69) is 26.6 Å². The third kappa shape index (κ3) is 3.96. The number of halogens is 3. The van der Waals surface area contributed by atoms with Gasteiger partial charge in [0.1, 0.15) is 10.7 Å². The van der Waals surface area contributed by atoms with Crippen molar-refractivity contribution in [3.05, 3.63) is 45.6 Å². The monoisotopic (exact) mass is 437 g/mol. The molecule has 0 aromatic heterocycles. The summed E-state index contributed by atoms with van der Waals surface area (Å²) >= 11 is 8.67. The highest BCUT2D eigenvalue weighted by Crippen LogP contribution is 2.36. The minimum Gasteiger partial charge on any atom is -0.504 e. The molecule has 0 aliphatic rings. The number of aromatic hydroxyl groups is 1. The van der Waals surface area contributed by atoms with E-state index in [0.717, 1.165) is 6.07 Å². The van der Waals surface area contributed by atoms with Crippen molar-refractivity contribution in [3.8, 4) is 5.75 Å². The van der Waals surface area contributed by atoms with E-state index in [1.807, 2.05) is 0 Å². The second kappa shape index (κ2) is 6.93. The highest BCUT2D eigenvalue weighted by atomic mass is 79.9. The molecule has 2 amide bonds. The molecule has 2 aromatic rings. The van der Waals surface area contributed by atoms with Crippen molar-refractivity contribution >= 4 is 55.0 Å². The zero-order valence-corrected chi connectivity index (χ0v) is 14.8. The number of carbonyl (C=O) groups is 1. The number of urea groups is 1. The van der Waals surface area contributed by atoms with Crippen molar-refractivity contribution in [2.24, 2.45) is 5.14 Å². The van der Waals surface area contributed by atoms with Crippen LogP contribution >= 0.6 is 27.5 Å². The minimum absolute atomic E-state index is 0.0331. The summed E-state index contributed by atoms with van der Waals surface area (Å²) < 4.78 is 36.3. The summed E-state index contributed by atoms with van der Waals surface area (Å²) in [6.45, 7) is 0. The number of nitrogens with two attached hydrogens (primary N) is 1. The summed E-state index contributed by atoms with van der Waals surface area (Å²) in [7, 11) is -4.30. The van der Waals surface area contributed by atoms with Gasteiger partial charge < -0.3 is 15.7 Å². The third-order valence-electron chi connectivity index (χ3n) is 2.82. The molecule has 0 saturated heterocycles. The Kier molecular flexibility index (Phi) is 5.33. The number of anilines is 2. The summed E-state index contributed by atoms with van der Waals surface area (Å²) in [6, 6.07) is 5.50. The van der Waals surface area contributed by atoms with Gasteiger partial charge >= 0.3 is 6.03 Å². The van der Waals surface area contributed by atoms with E-state index in [-0.39, 0.29) is 20.9 Å². The number of phenolic OH excluding ortho intramolecular Hbond substituents is 1. The Morgan fingerprint density at radius 1 is 1.21 bits per heavy atom. The number of carbonyl (C=O) groups excluding carboxylic acids is 1. The zero-order valence-electron chi connectivity index (χ0n) is 11.7. The van der Waals surface area contributed by atoms with Crippen LogP contribution < -0.4 is 15.8 Å². The van der Waals surface area contributed by atoms with E-state index in [0.29, 0.717) is 0 Å². The summed E-state index contributed by atoms with van der Waals surface area (Å²) in [6.07, 6.45) is 0. The summed E-state index contributed by atoms with van der Waals surface area (Å²) in [5.74, 6) is -1.39. The number of nitrogens with one attached hydrogen (secondary N) is 2. The first kappa shape index (κ1) is 18.5. The number of hydrogen-bond acceptors (Lipinski definition) is 4. The molecular formula is C13H10BrClFN3O4S. The van der Waals surface area contributed by atoms with Crippen LogP contribution in [0.5, 0.6) is 5.75 Å². The lowest BCUT2D eigenvalue weighted by molar-refractivity contribution is 0.262. The molecule has 2 rings (SSSR count). The lowest BCUT2D eigenvalue weighted by Gasteiger charge is -2.13. The Morgan fingerprint density at radius 3 is 2.46 bits per heavy atom. The molecule has 24 heavy (non-hydrogen) atoms. The molecule has 0 heterocycles. The Morgan fingerprint density at radius 2 is 1.83 bits per heavy atom. The van der Waals surface area contributed by atoms with Crippen LogP contribution in [0.3, 0.4) is 0 Å². The van der Waals surface area contributed by atoms with Crippen molar-refractivity contribution in [2.45, 2.75) is 4.90 Å². The van der Waals surface area contributed by atoms with Crippen molar-refractivity contribution < 1.29 is 22.7 Å². The Hall–Kier alpha value is -1.88. The Labute approximate surface area is 149 Å². The highest BCUT2D eigenvalue weighted by Gasteiger charge is 2.22. The summed E-state index contributed by atoms with van der Waals surface area (Å²) in [4.78, 5) is 11.2. The van der Waals surface area contributed by atoms with Gasteiger partial charge in [-0.25, -0.2) is 22.7 Å². The van der Waals surface area contributed by atoms with Gasteiger partial charge in [-0.1, -0.05) is 17.7 Å². The number of sulfonamides is 1. The molecule has 7 nitrogen and oxygen atoms in total. The molecule has 0 bridgehead atoms. The average molecular weight is 439 g/mol. The van der Waals surface area contributed by atoms with Crippen LogP contribution in [0, 0.1) is 5.82 Å². The van der Waals surface area contributed by atoms with Gasteiger partial charge in [-0.05, 0) is 40.2 Å². The molecule has 0 aliphatic heterocycles. The second-order valence-corrected chi connectivity index (χ2v) is 7.20. The SMILES string of the molecule is NS(=O)(=O)c1c(Cl)ccc(NC(=O)Nc2cccc(F)c2Br)c1O. The first-order chi connectivity index (χ1) is 11.1. The van der Waals surface area contributed by atoms with Crippen LogP contribution in [0.4, 0.5) is 20.6 Å². The van der Waals surface area contributed by atoms with Gasteiger partial charge in [-0.3, -0.25) is 0 Å². The molecule has 0 saturated carbocycles. The fourth-order valence-corrected chi connectivity index (χ4v) is 3.35. The van der Waals surface area contributed by atoms with Crippen molar-refractivity contribution in [3.63, 3.8) is 0 Å². The van der Waals surface area contributed by atoms with E-state index in [1.165, 1.54) is 24.3 Å². The number of hydrogen-bond donors (Lipinski definition) is 4. The number of primary sulfonamides is 1. The molecule has 0 unspecified atom stereocenters. The molecule has 5 N–H and O–H groups in total. The van der Waals surface area contributed by atoms with Crippen LogP contribution in [-0.4, -0.2) is 19.6 Å². The van der Waals surface area contributed by atoms with Crippen LogP contribution in [0.1, 0.15) is 0 Å². The standard InChI is InChI=1S/C13H10BrClFN3O4S/c14-10-7(16)2-1-3-8(10)18-13(21)19-9-5-4-6(15)12(11(9)20)24(17,22)23/h1-5,20H,(H2,17,22,23)(H2,18,19,21). The van der Waals surface area contributed by atoms with Gasteiger partial charge in [0.15, 0.2) is 5.75 Å². The van der Waals surface area contributed by atoms with Gasteiger partial charge in [-0.2, -0.15) is 0 Å². The smallest absolute Gasteiger partial charge is 0.323 e. The van der Waals surface area contributed by atoms with E-state index >= 15 is 0 Å². The first-order valence-corrected chi connectivity index (χ1v) is 8.89. The number of benzene rings is 2. The number of phenols is 1.